The Morgan fingerprint density at radius 3 is 2.68 bits per heavy atom. The van der Waals surface area contributed by atoms with Gasteiger partial charge in [0.05, 0.1) is 18.6 Å². The number of fused-ring (bicyclic) bond motifs is 5. The Kier molecular flexibility index (Phi) is 4.37. The van der Waals surface area contributed by atoms with Crippen molar-refractivity contribution in [2.45, 2.75) is 78.1 Å². The van der Waals surface area contributed by atoms with E-state index in [0.717, 1.165) is 18.3 Å². The maximum atomic E-state index is 11.6. The summed E-state index contributed by atoms with van der Waals surface area (Å²) in [5, 5.41) is 9.64. The summed E-state index contributed by atoms with van der Waals surface area (Å²) in [6.07, 6.45) is 12.7. The fourth-order valence-corrected chi connectivity index (χ4v) is 7.80. The molecular weight excluding hydrogens is 310 g/mol. The number of nitrogens with zero attached hydrogens (tertiary/aromatic N) is 1. The van der Waals surface area contributed by atoms with Crippen molar-refractivity contribution in [1.29, 1.82) is 5.26 Å². The molecule has 0 saturated heterocycles. The highest BCUT2D eigenvalue weighted by Gasteiger charge is 2.61. The van der Waals surface area contributed by atoms with Crippen LogP contribution in [0.3, 0.4) is 0 Å². The minimum atomic E-state index is -0.119. The van der Waals surface area contributed by atoms with E-state index in [9.17, 15) is 10.1 Å². The first kappa shape index (κ1) is 17.4. The van der Waals surface area contributed by atoms with Crippen LogP contribution in [0.5, 0.6) is 0 Å². The van der Waals surface area contributed by atoms with Gasteiger partial charge in [0.25, 0.3) is 0 Å². The maximum Gasteiger partial charge on any atom is 0.302 e. The average Bonchev–Trinajstić information content (AvgIpc) is 2.96. The second kappa shape index (κ2) is 6.29. The normalized spacial score (nSPS) is 48.6. The minimum absolute atomic E-state index is 0.119. The molecule has 0 aromatic heterocycles. The molecule has 0 heterocycles. The Labute approximate surface area is 152 Å². The van der Waals surface area contributed by atoms with Crippen LogP contribution < -0.4 is 0 Å². The molecule has 0 aromatic carbocycles. The van der Waals surface area contributed by atoms with Crippen LogP contribution in [0, 0.1) is 51.8 Å². The van der Waals surface area contributed by atoms with Crippen molar-refractivity contribution in [2.24, 2.45) is 40.4 Å². The molecule has 3 nitrogen and oxygen atoms in total. The van der Waals surface area contributed by atoms with Crippen LogP contribution in [0.2, 0.25) is 0 Å². The lowest BCUT2D eigenvalue weighted by molar-refractivity contribution is -0.166. The summed E-state index contributed by atoms with van der Waals surface area (Å²) in [6, 6.07) is 2.64. The molecular formula is C22H33NO2. The average molecular weight is 344 g/mol. The SMILES string of the molecule is CC(=O)OCC12CCCCC1CCC1C3CCC(C#N)C3(C)CCC12. The Balaban J connectivity index is 1.64. The van der Waals surface area contributed by atoms with Crippen molar-refractivity contribution < 1.29 is 9.53 Å². The number of hydrogen-bond acceptors (Lipinski definition) is 3. The Morgan fingerprint density at radius 2 is 1.92 bits per heavy atom. The Bertz CT molecular complexity index is 581. The van der Waals surface area contributed by atoms with Crippen molar-refractivity contribution in [1.82, 2.24) is 0 Å². The Hall–Kier alpha value is -1.04. The molecule has 0 aliphatic heterocycles. The van der Waals surface area contributed by atoms with Gasteiger partial charge in [-0.05, 0) is 80.5 Å². The maximum absolute atomic E-state index is 11.6. The topological polar surface area (TPSA) is 50.1 Å². The van der Waals surface area contributed by atoms with Gasteiger partial charge < -0.3 is 4.74 Å². The molecule has 25 heavy (non-hydrogen) atoms. The summed E-state index contributed by atoms with van der Waals surface area (Å²) in [5.41, 5.74) is 0.471. The fourth-order valence-electron chi connectivity index (χ4n) is 7.80. The van der Waals surface area contributed by atoms with Crippen LogP contribution in [0.25, 0.3) is 0 Å². The van der Waals surface area contributed by atoms with Gasteiger partial charge in [-0.2, -0.15) is 5.26 Å². The number of carbonyl (C=O) groups excluding carboxylic acids is 1. The van der Waals surface area contributed by atoms with E-state index >= 15 is 0 Å². The van der Waals surface area contributed by atoms with E-state index < -0.39 is 0 Å². The minimum Gasteiger partial charge on any atom is -0.465 e. The van der Waals surface area contributed by atoms with Crippen LogP contribution in [-0.4, -0.2) is 12.6 Å². The summed E-state index contributed by atoms with van der Waals surface area (Å²) >= 11 is 0. The van der Waals surface area contributed by atoms with E-state index in [-0.39, 0.29) is 22.7 Å². The highest BCUT2D eigenvalue weighted by Crippen LogP contribution is 2.67. The number of ether oxygens (including phenoxy) is 1. The molecule has 4 fully saturated rings. The molecule has 4 aliphatic rings. The first-order valence-electron chi connectivity index (χ1n) is 10.5. The van der Waals surface area contributed by atoms with Gasteiger partial charge in [-0.15, -0.1) is 0 Å². The predicted octanol–water partition coefficient (Wildman–Crippen LogP) is 5.10. The molecule has 7 unspecified atom stereocenters. The lowest BCUT2D eigenvalue weighted by atomic mass is 9.44. The summed E-state index contributed by atoms with van der Waals surface area (Å²) < 4.78 is 5.68. The number of esters is 1. The van der Waals surface area contributed by atoms with E-state index in [1.807, 2.05) is 0 Å². The number of carbonyl (C=O) groups is 1. The molecule has 0 N–H and O–H groups in total. The zero-order valence-electron chi connectivity index (χ0n) is 15.9. The smallest absolute Gasteiger partial charge is 0.302 e. The van der Waals surface area contributed by atoms with Crippen molar-refractivity contribution in [3.8, 4) is 6.07 Å². The van der Waals surface area contributed by atoms with Crippen LogP contribution in [0.15, 0.2) is 0 Å². The first-order valence-corrected chi connectivity index (χ1v) is 10.5. The van der Waals surface area contributed by atoms with Crippen molar-refractivity contribution in [3.05, 3.63) is 0 Å². The molecule has 7 atom stereocenters. The number of nitriles is 1. The monoisotopic (exact) mass is 343 g/mol. The van der Waals surface area contributed by atoms with Crippen molar-refractivity contribution in [2.75, 3.05) is 6.61 Å². The van der Waals surface area contributed by atoms with Gasteiger partial charge in [0.2, 0.25) is 0 Å². The lowest BCUT2D eigenvalue weighted by Gasteiger charge is -2.60. The molecule has 0 aromatic rings. The zero-order chi connectivity index (χ0) is 17.7. The highest BCUT2D eigenvalue weighted by atomic mass is 16.5. The van der Waals surface area contributed by atoms with Crippen molar-refractivity contribution >= 4 is 5.97 Å². The van der Waals surface area contributed by atoms with Gasteiger partial charge in [0, 0.05) is 12.3 Å². The number of hydrogen-bond donors (Lipinski definition) is 0. The largest absolute Gasteiger partial charge is 0.465 e. The molecule has 0 bridgehead atoms. The first-order chi connectivity index (χ1) is 12.0. The summed E-state index contributed by atoms with van der Waals surface area (Å²) in [6.45, 7) is 4.61. The van der Waals surface area contributed by atoms with E-state index in [0.29, 0.717) is 18.4 Å². The standard InChI is InChI=1S/C22H33NO2/c1-15(24)25-14-22-11-4-3-5-16(22)6-8-18-19-9-7-17(13-23)21(19,2)12-10-20(18)22/h16-20H,3-12,14H2,1-2H3. The molecule has 3 heteroatoms. The zero-order valence-corrected chi connectivity index (χ0v) is 15.9. The van der Waals surface area contributed by atoms with E-state index in [2.05, 4.69) is 13.0 Å². The van der Waals surface area contributed by atoms with Gasteiger partial charge in [0.15, 0.2) is 0 Å². The third kappa shape index (κ3) is 2.54. The van der Waals surface area contributed by atoms with E-state index in [1.54, 1.807) is 6.92 Å². The molecule has 0 radical (unpaired) electrons. The van der Waals surface area contributed by atoms with Gasteiger partial charge in [0.1, 0.15) is 0 Å². The summed E-state index contributed by atoms with van der Waals surface area (Å²) in [7, 11) is 0. The second-order valence-corrected chi connectivity index (χ2v) is 9.71. The molecule has 0 amide bonds. The van der Waals surface area contributed by atoms with E-state index in [1.165, 1.54) is 57.8 Å². The molecule has 4 aliphatic carbocycles. The van der Waals surface area contributed by atoms with Gasteiger partial charge in [-0.25, -0.2) is 0 Å². The van der Waals surface area contributed by atoms with E-state index in [4.69, 9.17) is 4.74 Å². The molecule has 4 rings (SSSR count). The van der Waals surface area contributed by atoms with Gasteiger partial charge >= 0.3 is 5.97 Å². The number of rotatable bonds is 2. The fraction of sp³-hybridized carbons (Fsp3) is 0.909. The van der Waals surface area contributed by atoms with Crippen LogP contribution in [0.4, 0.5) is 0 Å². The second-order valence-electron chi connectivity index (χ2n) is 9.71. The lowest BCUT2D eigenvalue weighted by Crippen LogP contribution is -2.55. The van der Waals surface area contributed by atoms with Gasteiger partial charge in [-0.3, -0.25) is 4.79 Å². The predicted molar refractivity (Wildman–Crippen MR) is 96.4 cm³/mol. The molecule has 4 saturated carbocycles. The van der Waals surface area contributed by atoms with Crippen LogP contribution in [0.1, 0.15) is 78.1 Å². The quantitative estimate of drug-likeness (QED) is 0.655. The van der Waals surface area contributed by atoms with Crippen molar-refractivity contribution in [3.63, 3.8) is 0 Å². The van der Waals surface area contributed by atoms with Crippen LogP contribution >= 0.6 is 0 Å². The van der Waals surface area contributed by atoms with Crippen LogP contribution in [-0.2, 0) is 9.53 Å². The molecule has 138 valence electrons. The Morgan fingerprint density at radius 1 is 1.08 bits per heavy atom. The summed E-state index contributed by atoms with van der Waals surface area (Å²) in [4.78, 5) is 11.6. The third-order valence-corrected chi connectivity index (χ3v) is 8.98. The third-order valence-electron chi connectivity index (χ3n) is 8.98. The van der Waals surface area contributed by atoms with Gasteiger partial charge in [-0.1, -0.05) is 19.8 Å². The highest BCUT2D eigenvalue weighted by molar-refractivity contribution is 5.65. The molecule has 0 spiro atoms. The summed E-state index contributed by atoms with van der Waals surface area (Å²) in [5.74, 6) is 3.06.